The number of halogens is 1. The van der Waals surface area contributed by atoms with Crippen molar-refractivity contribution in [3.63, 3.8) is 0 Å². The maximum Gasteiger partial charge on any atom is 0.240 e. The number of H-pyrrole nitrogens is 1. The molecule has 25 heavy (non-hydrogen) atoms. The smallest absolute Gasteiger partial charge is 0.240 e. The van der Waals surface area contributed by atoms with Crippen molar-refractivity contribution in [3.8, 4) is 11.4 Å². The SMILES string of the molecule is Cc1ccc(-c2n[nH]c(CCNS(=O)(=O)c3cccc(F)c3)n2)cc1. The molecule has 0 spiro atoms. The Morgan fingerprint density at radius 2 is 1.92 bits per heavy atom. The lowest BCUT2D eigenvalue weighted by atomic mass is 10.1. The number of sulfonamides is 1. The van der Waals surface area contributed by atoms with Gasteiger partial charge in [0.25, 0.3) is 0 Å². The topological polar surface area (TPSA) is 87.7 Å². The molecular weight excluding hydrogens is 343 g/mol. The maximum atomic E-state index is 13.2. The molecule has 0 atom stereocenters. The van der Waals surface area contributed by atoms with Crippen LogP contribution in [0.4, 0.5) is 4.39 Å². The van der Waals surface area contributed by atoms with E-state index in [2.05, 4.69) is 19.9 Å². The highest BCUT2D eigenvalue weighted by molar-refractivity contribution is 7.89. The van der Waals surface area contributed by atoms with Crippen molar-refractivity contribution >= 4 is 10.0 Å². The number of rotatable bonds is 6. The summed E-state index contributed by atoms with van der Waals surface area (Å²) < 4.78 is 39.8. The van der Waals surface area contributed by atoms with Crippen LogP contribution in [0, 0.1) is 12.7 Å². The molecule has 130 valence electrons. The Kier molecular flexibility index (Phi) is 4.91. The molecule has 1 heterocycles. The van der Waals surface area contributed by atoms with Crippen LogP contribution in [0.3, 0.4) is 0 Å². The Hall–Kier alpha value is -2.58. The molecule has 0 bridgehead atoms. The molecule has 0 amide bonds. The summed E-state index contributed by atoms with van der Waals surface area (Å²) in [6, 6.07) is 12.7. The van der Waals surface area contributed by atoms with E-state index in [1.54, 1.807) is 0 Å². The summed E-state index contributed by atoms with van der Waals surface area (Å²) in [4.78, 5) is 4.25. The zero-order chi connectivity index (χ0) is 17.9. The van der Waals surface area contributed by atoms with Gasteiger partial charge in [-0.25, -0.2) is 22.5 Å². The van der Waals surface area contributed by atoms with Gasteiger partial charge in [0.2, 0.25) is 10.0 Å². The third-order valence-electron chi connectivity index (χ3n) is 3.60. The molecule has 2 aromatic carbocycles. The van der Waals surface area contributed by atoms with E-state index in [4.69, 9.17) is 0 Å². The van der Waals surface area contributed by atoms with Crippen LogP contribution in [0.5, 0.6) is 0 Å². The van der Waals surface area contributed by atoms with Crippen molar-refractivity contribution in [1.29, 1.82) is 0 Å². The molecule has 0 saturated carbocycles. The minimum absolute atomic E-state index is 0.106. The first-order chi connectivity index (χ1) is 11.9. The van der Waals surface area contributed by atoms with E-state index in [1.165, 1.54) is 18.2 Å². The summed E-state index contributed by atoms with van der Waals surface area (Å²) in [6.07, 6.45) is 0.341. The average Bonchev–Trinajstić information content (AvgIpc) is 3.04. The third kappa shape index (κ3) is 4.28. The van der Waals surface area contributed by atoms with Crippen molar-refractivity contribution in [3.05, 3.63) is 65.7 Å². The second-order valence-corrected chi connectivity index (χ2v) is 7.34. The summed E-state index contributed by atoms with van der Waals surface area (Å²) in [7, 11) is -3.76. The van der Waals surface area contributed by atoms with E-state index in [0.717, 1.165) is 17.2 Å². The van der Waals surface area contributed by atoms with Crippen molar-refractivity contribution in [2.24, 2.45) is 0 Å². The molecule has 0 radical (unpaired) electrons. The Labute approximate surface area is 145 Å². The van der Waals surface area contributed by atoms with Gasteiger partial charge in [-0.15, -0.1) is 0 Å². The summed E-state index contributed by atoms with van der Waals surface area (Å²) in [5.41, 5.74) is 2.03. The predicted molar refractivity (Wildman–Crippen MR) is 91.8 cm³/mol. The molecule has 1 aromatic heterocycles. The number of aromatic amines is 1. The number of nitrogens with zero attached hydrogens (tertiary/aromatic N) is 2. The second kappa shape index (κ2) is 7.12. The van der Waals surface area contributed by atoms with Gasteiger partial charge in [0.05, 0.1) is 4.90 Å². The van der Waals surface area contributed by atoms with E-state index in [0.29, 0.717) is 18.1 Å². The molecule has 0 saturated heterocycles. The van der Waals surface area contributed by atoms with Crippen molar-refractivity contribution in [1.82, 2.24) is 19.9 Å². The van der Waals surface area contributed by atoms with Crippen LogP contribution in [0.1, 0.15) is 11.4 Å². The zero-order valence-electron chi connectivity index (χ0n) is 13.5. The van der Waals surface area contributed by atoms with E-state index < -0.39 is 15.8 Å². The van der Waals surface area contributed by atoms with Crippen LogP contribution >= 0.6 is 0 Å². The fourth-order valence-electron chi connectivity index (χ4n) is 2.26. The summed E-state index contributed by atoms with van der Waals surface area (Å²) >= 11 is 0. The number of aryl methyl sites for hydroxylation is 1. The van der Waals surface area contributed by atoms with Gasteiger partial charge in [-0.05, 0) is 25.1 Å². The molecule has 0 aliphatic heterocycles. The van der Waals surface area contributed by atoms with Gasteiger partial charge < -0.3 is 0 Å². The quantitative estimate of drug-likeness (QED) is 0.707. The average molecular weight is 360 g/mol. The second-order valence-electron chi connectivity index (χ2n) is 5.58. The fourth-order valence-corrected chi connectivity index (χ4v) is 3.32. The predicted octanol–water partition coefficient (Wildman–Crippen LogP) is 2.44. The largest absolute Gasteiger partial charge is 0.263 e. The van der Waals surface area contributed by atoms with Gasteiger partial charge in [0.1, 0.15) is 11.6 Å². The van der Waals surface area contributed by atoms with Crippen molar-refractivity contribution in [2.75, 3.05) is 6.54 Å². The van der Waals surface area contributed by atoms with Gasteiger partial charge in [-0.3, -0.25) is 5.10 Å². The molecule has 3 rings (SSSR count). The summed E-state index contributed by atoms with van der Waals surface area (Å²) in [5, 5.41) is 6.94. The van der Waals surface area contributed by atoms with Crippen LogP contribution in [0.25, 0.3) is 11.4 Å². The van der Waals surface area contributed by atoms with Crippen LogP contribution in [-0.4, -0.2) is 30.1 Å². The Bertz CT molecular complexity index is 968. The van der Waals surface area contributed by atoms with Gasteiger partial charge in [0, 0.05) is 18.5 Å². The van der Waals surface area contributed by atoms with Gasteiger partial charge in [-0.2, -0.15) is 5.10 Å². The number of hydrogen-bond donors (Lipinski definition) is 2. The van der Waals surface area contributed by atoms with Gasteiger partial charge in [-0.1, -0.05) is 35.9 Å². The number of benzene rings is 2. The first-order valence-corrected chi connectivity index (χ1v) is 9.16. The lowest BCUT2D eigenvalue weighted by molar-refractivity contribution is 0.577. The molecule has 0 aliphatic rings. The third-order valence-corrected chi connectivity index (χ3v) is 5.06. The van der Waals surface area contributed by atoms with E-state index in [-0.39, 0.29) is 11.4 Å². The van der Waals surface area contributed by atoms with Crippen LogP contribution < -0.4 is 4.72 Å². The monoisotopic (exact) mass is 360 g/mol. The molecule has 8 heteroatoms. The lowest BCUT2D eigenvalue weighted by Gasteiger charge is -2.05. The van der Waals surface area contributed by atoms with Gasteiger partial charge in [0.15, 0.2) is 5.82 Å². The normalized spacial score (nSPS) is 11.6. The number of hydrogen-bond acceptors (Lipinski definition) is 4. The molecule has 0 fully saturated rings. The summed E-state index contributed by atoms with van der Waals surface area (Å²) in [5.74, 6) is 0.529. The molecule has 6 nitrogen and oxygen atoms in total. The standard InChI is InChI=1S/C17H17FN4O2S/c1-12-5-7-13(8-6-12)17-20-16(21-22-17)9-10-19-25(23,24)15-4-2-3-14(18)11-15/h2-8,11,19H,9-10H2,1H3,(H,20,21,22). The number of nitrogens with one attached hydrogen (secondary N) is 2. The van der Waals surface area contributed by atoms with E-state index in [9.17, 15) is 12.8 Å². The lowest BCUT2D eigenvalue weighted by Crippen LogP contribution is -2.26. The van der Waals surface area contributed by atoms with Crippen LogP contribution in [0.2, 0.25) is 0 Å². The molecule has 0 aliphatic carbocycles. The highest BCUT2D eigenvalue weighted by atomic mass is 32.2. The highest BCUT2D eigenvalue weighted by Gasteiger charge is 2.14. The minimum Gasteiger partial charge on any atom is -0.263 e. The van der Waals surface area contributed by atoms with Crippen LogP contribution in [-0.2, 0) is 16.4 Å². The Morgan fingerprint density at radius 3 is 2.64 bits per heavy atom. The van der Waals surface area contributed by atoms with Gasteiger partial charge >= 0.3 is 0 Å². The zero-order valence-corrected chi connectivity index (χ0v) is 14.3. The Balaban J connectivity index is 1.62. The molecule has 2 N–H and O–H groups in total. The summed E-state index contributed by atoms with van der Waals surface area (Å²) in [6.45, 7) is 2.12. The number of aromatic nitrogens is 3. The molecular formula is C17H17FN4O2S. The van der Waals surface area contributed by atoms with E-state index >= 15 is 0 Å². The van der Waals surface area contributed by atoms with Crippen molar-refractivity contribution in [2.45, 2.75) is 18.2 Å². The molecule has 3 aromatic rings. The minimum atomic E-state index is -3.76. The molecule has 0 unspecified atom stereocenters. The first kappa shape index (κ1) is 17.2. The highest BCUT2D eigenvalue weighted by Crippen LogP contribution is 2.15. The van der Waals surface area contributed by atoms with Crippen molar-refractivity contribution < 1.29 is 12.8 Å². The van der Waals surface area contributed by atoms with Crippen LogP contribution in [0.15, 0.2) is 53.4 Å². The maximum absolute atomic E-state index is 13.2. The first-order valence-electron chi connectivity index (χ1n) is 7.67. The van der Waals surface area contributed by atoms with E-state index in [1.807, 2.05) is 31.2 Å². The fraction of sp³-hybridized carbons (Fsp3) is 0.176. The Morgan fingerprint density at radius 1 is 1.16 bits per heavy atom.